The Hall–Kier alpha value is -1.16. The first-order chi connectivity index (χ1) is 8.25. The molecule has 0 saturated carbocycles. The first-order valence-electron chi connectivity index (χ1n) is 5.50. The van der Waals surface area contributed by atoms with Crippen molar-refractivity contribution in [2.45, 2.75) is 38.5 Å². The number of halogens is 1. The number of rotatable bonds is 3. The molecule has 0 aromatic carbocycles. The molecule has 0 radical (unpaired) electrons. The lowest BCUT2D eigenvalue weighted by atomic mass is 10.2. The van der Waals surface area contributed by atoms with Crippen LogP contribution in [0.4, 0.5) is 4.39 Å². The third kappa shape index (κ3) is 3.67. The molecule has 0 spiro atoms. The molecule has 1 N–H and O–H groups in total. The minimum atomic E-state index is -1.32. The van der Waals surface area contributed by atoms with Crippen molar-refractivity contribution in [3.63, 3.8) is 0 Å². The summed E-state index contributed by atoms with van der Waals surface area (Å²) in [5.41, 5.74) is 0.244. The van der Waals surface area contributed by atoms with E-state index in [9.17, 15) is 8.94 Å². The van der Waals surface area contributed by atoms with E-state index in [1.165, 1.54) is 12.1 Å². The van der Waals surface area contributed by atoms with E-state index in [4.69, 9.17) is 5.26 Å². The van der Waals surface area contributed by atoms with Crippen molar-refractivity contribution in [3.05, 3.63) is 29.3 Å². The second kappa shape index (κ2) is 5.65. The smallest absolute Gasteiger partial charge is 0.146 e. The van der Waals surface area contributed by atoms with Crippen LogP contribution >= 0.6 is 0 Å². The van der Waals surface area contributed by atoms with Crippen LogP contribution in [-0.4, -0.2) is 14.3 Å². The van der Waals surface area contributed by atoms with Gasteiger partial charge in [-0.25, -0.2) is 9.37 Å². The first kappa shape index (κ1) is 14.9. The van der Waals surface area contributed by atoms with E-state index in [1.54, 1.807) is 6.92 Å². The summed E-state index contributed by atoms with van der Waals surface area (Å²) in [6, 6.07) is 3.83. The second-order valence-electron chi connectivity index (χ2n) is 4.90. The van der Waals surface area contributed by atoms with Gasteiger partial charge in [-0.3, -0.25) is 0 Å². The second-order valence-corrected chi connectivity index (χ2v) is 6.89. The largest absolute Gasteiger partial charge is 0.598 e. The van der Waals surface area contributed by atoms with E-state index in [-0.39, 0.29) is 11.4 Å². The number of aromatic nitrogens is 1. The Morgan fingerprint density at radius 1 is 1.50 bits per heavy atom. The van der Waals surface area contributed by atoms with Gasteiger partial charge in [0.1, 0.15) is 22.3 Å². The molecule has 1 aromatic heterocycles. The highest BCUT2D eigenvalue weighted by molar-refractivity contribution is 7.90. The summed E-state index contributed by atoms with van der Waals surface area (Å²) in [5, 5.41) is 8.73. The highest BCUT2D eigenvalue weighted by Crippen LogP contribution is 2.20. The lowest BCUT2D eigenvalue weighted by Gasteiger charge is -2.26. The van der Waals surface area contributed by atoms with Crippen LogP contribution in [0.2, 0.25) is 0 Å². The number of pyridine rings is 1. The van der Waals surface area contributed by atoms with E-state index in [1.807, 2.05) is 26.8 Å². The quantitative estimate of drug-likeness (QED) is 0.854. The van der Waals surface area contributed by atoms with Gasteiger partial charge in [0.05, 0.1) is 11.7 Å². The van der Waals surface area contributed by atoms with Gasteiger partial charge in [0, 0.05) is 11.4 Å². The van der Waals surface area contributed by atoms with Crippen molar-refractivity contribution in [2.75, 3.05) is 0 Å². The Morgan fingerprint density at radius 2 is 2.11 bits per heavy atom. The third-order valence-electron chi connectivity index (χ3n) is 2.24. The van der Waals surface area contributed by atoms with Gasteiger partial charge in [0.15, 0.2) is 0 Å². The monoisotopic (exact) mass is 269 g/mol. The molecule has 18 heavy (non-hydrogen) atoms. The zero-order valence-electron chi connectivity index (χ0n) is 10.8. The maximum absolute atomic E-state index is 13.6. The van der Waals surface area contributed by atoms with Crippen LogP contribution in [-0.2, 0) is 11.4 Å². The fourth-order valence-corrected chi connectivity index (χ4v) is 2.00. The first-order valence-corrected chi connectivity index (χ1v) is 6.65. The van der Waals surface area contributed by atoms with Crippen molar-refractivity contribution < 1.29 is 8.94 Å². The summed E-state index contributed by atoms with van der Waals surface area (Å²) in [5.74, 6) is -0.514. The lowest BCUT2D eigenvalue weighted by Crippen LogP contribution is -2.41. The van der Waals surface area contributed by atoms with E-state index in [0.717, 1.165) is 0 Å². The van der Waals surface area contributed by atoms with Gasteiger partial charge in [0.2, 0.25) is 0 Å². The molecule has 4 nitrogen and oxygen atoms in total. The molecule has 98 valence electrons. The molecule has 0 amide bonds. The predicted molar refractivity (Wildman–Crippen MR) is 68.4 cm³/mol. The van der Waals surface area contributed by atoms with Crippen LogP contribution in [0.25, 0.3) is 0 Å². The Balaban J connectivity index is 2.91. The molecule has 0 saturated heterocycles. The van der Waals surface area contributed by atoms with Gasteiger partial charge in [-0.15, -0.1) is 4.72 Å². The van der Waals surface area contributed by atoms with Gasteiger partial charge in [-0.05, 0) is 39.8 Å². The predicted octanol–water partition coefficient (Wildman–Crippen LogP) is 2.21. The molecule has 0 bridgehead atoms. The number of hydrogen-bond acceptors (Lipinski definition) is 4. The zero-order chi connectivity index (χ0) is 13.9. The molecule has 6 heteroatoms. The Bertz CT molecular complexity index is 467. The topological polar surface area (TPSA) is 71.8 Å². The number of nitrogens with one attached hydrogen (secondary N) is 1. The van der Waals surface area contributed by atoms with E-state index in [0.29, 0.717) is 0 Å². The molecule has 0 fully saturated rings. The fraction of sp³-hybridized carbons (Fsp3) is 0.500. The number of hydrogen-bond donors (Lipinski definition) is 1. The number of nitriles is 1. The average molecular weight is 269 g/mol. The van der Waals surface area contributed by atoms with E-state index in [2.05, 4.69) is 9.71 Å². The third-order valence-corrected chi connectivity index (χ3v) is 3.92. The Morgan fingerprint density at radius 3 is 2.61 bits per heavy atom. The van der Waals surface area contributed by atoms with Crippen LogP contribution in [0, 0.1) is 17.1 Å². The fourth-order valence-electron chi connectivity index (χ4n) is 1.22. The average Bonchev–Trinajstić information content (AvgIpc) is 2.28. The van der Waals surface area contributed by atoms with E-state index >= 15 is 0 Å². The summed E-state index contributed by atoms with van der Waals surface area (Å²) in [6.45, 7) is 7.12. The minimum Gasteiger partial charge on any atom is -0.598 e. The standard InChI is InChI=1S/C12H16FN3OS/c1-8(16-18(17)12(2,3)4)11-10(13)6-5-9(7-14)15-11/h5-6,8,16H,1-4H3. The molecule has 2 atom stereocenters. The maximum Gasteiger partial charge on any atom is 0.146 e. The molecule has 1 heterocycles. The normalized spacial score (nSPS) is 14.9. The summed E-state index contributed by atoms with van der Waals surface area (Å²) >= 11 is -1.32. The maximum atomic E-state index is 13.6. The van der Waals surface area contributed by atoms with Gasteiger partial charge in [0.25, 0.3) is 0 Å². The summed E-state index contributed by atoms with van der Waals surface area (Å²) in [6.07, 6.45) is 0. The van der Waals surface area contributed by atoms with Gasteiger partial charge in [-0.2, -0.15) is 5.26 Å². The van der Waals surface area contributed by atoms with Crippen molar-refractivity contribution in [1.82, 2.24) is 9.71 Å². The van der Waals surface area contributed by atoms with Crippen LogP contribution in [0.3, 0.4) is 0 Å². The van der Waals surface area contributed by atoms with Gasteiger partial charge < -0.3 is 4.55 Å². The van der Waals surface area contributed by atoms with Crippen LogP contribution in [0.5, 0.6) is 0 Å². The molecular weight excluding hydrogens is 253 g/mol. The van der Waals surface area contributed by atoms with E-state index < -0.39 is 28.0 Å². The van der Waals surface area contributed by atoms with Crippen molar-refractivity contribution >= 4 is 11.4 Å². The number of nitrogens with zero attached hydrogens (tertiary/aromatic N) is 2. The van der Waals surface area contributed by atoms with Crippen LogP contribution in [0.15, 0.2) is 12.1 Å². The Kier molecular flexibility index (Phi) is 4.68. The van der Waals surface area contributed by atoms with Crippen molar-refractivity contribution in [3.8, 4) is 6.07 Å². The summed E-state index contributed by atoms with van der Waals surface area (Å²) in [4.78, 5) is 3.89. The van der Waals surface area contributed by atoms with Crippen LogP contribution in [0.1, 0.15) is 45.1 Å². The van der Waals surface area contributed by atoms with Crippen molar-refractivity contribution in [1.29, 1.82) is 5.26 Å². The molecule has 2 unspecified atom stereocenters. The Labute approximate surface area is 110 Å². The SMILES string of the molecule is CC(N[S+]([O-])C(C)(C)C)c1nc(C#N)ccc1F. The van der Waals surface area contributed by atoms with Gasteiger partial charge >= 0.3 is 0 Å². The molecule has 0 aliphatic rings. The highest BCUT2D eigenvalue weighted by atomic mass is 32.2. The molecule has 1 rings (SSSR count). The zero-order valence-corrected chi connectivity index (χ0v) is 11.6. The molecule has 0 aliphatic heterocycles. The molecule has 0 aliphatic carbocycles. The van der Waals surface area contributed by atoms with Crippen molar-refractivity contribution in [2.24, 2.45) is 0 Å². The summed E-state index contributed by atoms with van der Waals surface area (Å²) < 4.78 is 27.8. The summed E-state index contributed by atoms with van der Waals surface area (Å²) in [7, 11) is 0. The minimum absolute atomic E-state index is 0.103. The van der Waals surface area contributed by atoms with Gasteiger partial charge in [-0.1, -0.05) is 0 Å². The highest BCUT2D eigenvalue weighted by Gasteiger charge is 2.29. The molecular formula is C12H16FN3OS. The molecule has 1 aromatic rings. The van der Waals surface area contributed by atoms with Crippen LogP contribution < -0.4 is 4.72 Å². The lowest BCUT2D eigenvalue weighted by molar-refractivity contribution is 0.516.